The minimum absolute atomic E-state index is 0.178. The summed E-state index contributed by atoms with van der Waals surface area (Å²) in [6.45, 7) is 4.67. The minimum atomic E-state index is -3.16. The number of nitrogens with zero attached hydrogens (tertiary/aromatic N) is 2. The van der Waals surface area contributed by atoms with Gasteiger partial charge in [-0.25, -0.2) is 13.4 Å². The summed E-state index contributed by atoms with van der Waals surface area (Å²) in [5, 5.41) is 3.46. The summed E-state index contributed by atoms with van der Waals surface area (Å²) in [6.07, 6.45) is 1.22. The monoisotopic (exact) mass is 385 g/mol. The first-order valence-electron chi connectivity index (χ1n) is 8.97. The number of imidazole rings is 1. The highest BCUT2D eigenvalue weighted by Crippen LogP contribution is 2.26. The summed E-state index contributed by atoms with van der Waals surface area (Å²) in [5.41, 5.74) is 4.40. The highest BCUT2D eigenvalue weighted by Gasteiger charge is 2.23. The number of aromatic nitrogens is 2. The van der Waals surface area contributed by atoms with E-state index in [0.29, 0.717) is 24.7 Å². The van der Waals surface area contributed by atoms with Crippen LogP contribution in [0.15, 0.2) is 47.4 Å². The molecule has 1 aliphatic rings. The zero-order valence-corrected chi connectivity index (χ0v) is 16.3. The lowest BCUT2D eigenvalue weighted by Crippen LogP contribution is -2.32. The smallest absolute Gasteiger partial charge is 0.175 e. The number of hydrogen-bond donors (Lipinski definition) is 1. The van der Waals surface area contributed by atoms with Crippen molar-refractivity contribution in [2.75, 3.05) is 19.4 Å². The molecule has 4 rings (SSSR count). The van der Waals surface area contributed by atoms with Crippen molar-refractivity contribution < 1.29 is 13.2 Å². The highest BCUT2D eigenvalue weighted by atomic mass is 32.2. The van der Waals surface area contributed by atoms with Crippen LogP contribution in [0.4, 0.5) is 0 Å². The molecule has 0 aliphatic carbocycles. The molecule has 0 saturated carbocycles. The van der Waals surface area contributed by atoms with Crippen molar-refractivity contribution in [3.8, 4) is 0 Å². The standard InChI is InChI=1S/C20H23N3O3S/c1-14-3-8-19-18(9-14)22-20-13-26-12-16(23(19)20)11-21-10-15-4-6-17(7-5-15)27(2,24)25/h3-9,16,21H,10-13H2,1-2H3/t16-/m0/s1. The van der Waals surface area contributed by atoms with Crippen molar-refractivity contribution in [2.45, 2.75) is 31.0 Å². The SMILES string of the molecule is Cc1ccc2c(c1)nc1n2[C@@H](CNCc2ccc(S(C)(=O)=O)cc2)COC1. The fourth-order valence-electron chi connectivity index (χ4n) is 3.52. The van der Waals surface area contributed by atoms with Crippen molar-refractivity contribution in [1.82, 2.24) is 14.9 Å². The van der Waals surface area contributed by atoms with Crippen LogP contribution >= 0.6 is 0 Å². The molecule has 0 fully saturated rings. The Bertz CT molecular complexity index is 1070. The molecule has 0 spiro atoms. The molecule has 1 aliphatic heterocycles. The number of benzene rings is 2. The number of aryl methyl sites for hydroxylation is 1. The van der Waals surface area contributed by atoms with Gasteiger partial charge in [0.2, 0.25) is 0 Å². The Hall–Kier alpha value is -2.22. The molecule has 7 heteroatoms. The first-order chi connectivity index (χ1) is 12.9. The minimum Gasteiger partial charge on any atom is -0.371 e. The van der Waals surface area contributed by atoms with Crippen LogP contribution < -0.4 is 5.32 Å². The Morgan fingerprint density at radius 2 is 2.00 bits per heavy atom. The first kappa shape index (κ1) is 18.2. The summed E-state index contributed by atoms with van der Waals surface area (Å²) in [6, 6.07) is 13.5. The van der Waals surface area contributed by atoms with Gasteiger partial charge in [-0.3, -0.25) is 0 Å². The lowest BCUT2D eigenvalue weighted by Gasteiger charge is -2.26. The van der Waals surface area contributed by atoms with Gasteiger partial charge < -0.3 is 14.6 Å². The maximum Gasteiger partial charge on any atom is 0.175 e. The van der Waals surface area contributed by atoms with Gasteiger partial charge in [0.1, 0.15) is 12.4 Å². The maximum atomic E-state index is 11.5. The van der Waals surface area contributed by atoms with Gasteiger partial charge in [-0.2, -0.15) is 0 Å². The topological polar surface area (TPSA) is 73.2 Å². The van der Waals surface area contributed by atoms with Gasteiger partial charge in [0.25, 0.3) is 0 Å². The molecule has 2 aromatic carbocycles. The second-order valence-corrected chi connectivity index (χ2v) is 9.12. The lowest BCUT2D eigenvalue weighted by molar-refractivity contribution is 0.0564. The Balaban J connectivity index is 1.46. The van der Waals surface area contributed by atoms with Crippen molar-refractivity contribution >= 4 is 20.9 Å². The summed E-state index contributed by atoms with van der Waals surface area (Å²) < 4.78 is 31.1. The van der Waals surface area contributed by atoms with Crippen LogP contribution in [0.25, 0.3) is 11.0 Å². The van der Waals surface area contributed by atoms with Crippen molar-refractivity contribution in [3.63, 3.8) is 0 Å². The molecule has 0 saturated heterocycles. The molecule has 1 N–H and O–H groups in total. The van der Waals surface area contributed by atoms with E-state index in [2.05, 4.69) is 35.0 Å². The number of rotatable bonds is 5. The molecule has 0 radical (unpaired) electrons. The first-order valence-corrected chi connectivity index (χ1v) is 10.9. The number of sulfone groups is 1. The lowest BCUT2D eigenvalue weighted by atomic mass is 10.2. The third-order valence-electron chi connectivity index (χ3n) is 4.89. The molecule has 142 valence electrons. The number of ether oxygens (including phenoxy) is 1. The Morgan fingerprint density at radius 3 is 2.74 bits per heavy atom. The largest absolute Gasteiger partial charge is 0.371 e. The molecular weight excluding hydrogens is 362 g/mol. The van der Waals surface area contributed by atoms with Crippen LogP contribution in [-0.2, 0) is 27.7 Å². The van der Waals surface area contributed by atoms with Gasteiger partial charge in [-0.1, -0.05) is 18.2 Å². The van der Waals surface area contributed by atoms with Gasteiger partial charge in [-0.05, 0) is 42.3 Å². The van der Waals surface area contributed by atoms with Gasteiger partial charge in [0.05, 0.1) is 28.6 Å². The summed E-state index contributed by atoms with van der Waals surface area (Å²) in [4.78, 5) is 5.06. The third-order valence-corrected chi connectivity index (χ3v) is 6.01. The molecule has 2 heterocycles. The average Bonchev–Trinajstić information content (AvgIpc) is 2.99. The van der Waals surface area contributed by atoms with E-state index in [1.165, 1.54) is 11.8 Å². The van der Waals surface area contributed by atoms with Crippen molar-refractivity contribution in [1.29, 1.82) is 0 Å². The van der Waals surface area contributed by atoms with E-state index in [9.17, 15) is 8.42 Å². The zero-order chi connectivity index (χ0) is 19.0. The summed E-state index contributed by atoms with van der Waals surface area (Å²) in [7, 11) is -3.16. The predicted molar refractivity (Wildman–Crippen MR) is 104 cm³/mol. The molecule has 0 amide bonds. The fraction of sp³-hybridized carbons (Fsp3) is 0.350. The number of fused-ring (bicyclic) bond motifs is 3. The van der Waals surface area contributed by atoms with Crippen LogP contribution in [0.2, 0.25) is 0 Å². The number of nitrogens with one attached hydrogen (secondary N) is 1. The highest BCUT2D eigenvalue weighted by molar-refractivity contribution is 7.90. The molecule has 1 aromatic heterocycles. The Labute approximate surface area is 159 Å². The molecule has 1 atom stereocenters. The van der Waals surface area contributed by atoms with Crippen molar-refractivity contribution in [2.24, 2.45) is 0 Å². The van der Waals surface area contributed by atoms with E-state index in [0.717, 1.165) is 29.0 Å². The Kier molecular flexibility index (Phi) is 4.75. The molecular formula is C20H23N3O3S. The molecule has 0 unspecified atom stereocenters. The zero-order valence-electron chi connectivity index (χ0n) is 15.5. The molecule has 27 heavy (non-hydrogen) atoms. The van der Waals surface area contributed by atoms with E-state index in [-0.39, 0.29) is 6.04 Å². The summed E-state index contributed by atoms with van der Waals surface area (Å²) in [5.74, 6) is 0.964. The van der Waals surface area contributed by atoms with E-state index in [4.69, 9.17) is 9.72 Å². The molecule has 3 aromatic rings. The van der Waals surface area contributed by atoms with E-state index in [1.54, 1.807) is 12.1 Å². The predicted octanol–water partition coefficient (Wildman–Crippen LogP) is 2.61. The van der Waals surface area contributed by atoms with E-state index >= 15 is 0 Å². The van der Waals surface area contributed by atoms with Crippen LogP contribution in [-0.4, -0.2) is 37.4 Å². The normalized spacial score (nSPS) is 17.2. The van der Waals surface area contributed by atoms with E-state index in [1.807, 2.05) is 12.1 Å². The quantitative estimate of drug-likeness (QED) is 0.731. The van der Waals surface area contributed by atoms with Crippen LogP contribution in [0.5, 0.6) is 0 Å². The average molecular weight is 385 g/mol. The third kappa shape index (κ3) is 3.76. The van der Waals surface area contributed by atoms with Crippen molar-refractivity contribution in [3.05, 3.63) is 59.4 Å². The van der Waals surface area contributed by atoms with Gasteiger partial charge in [-0.15, -0.1) is 0 Å². The van der Waals surface area contributed by atoms with E-state index < -0.39 is 9.84 Å². The van der Waals surface area contributed by atoms with Gasteiger partial charge in [0.15, 0.2) is 9.84 Å². The Morgan fingerprint density at radius 1 is 1.22 bits per heavy atom. The maximum absolute atomic E-state index is 11.5. The summed E-state index contributed by atoms with van der Waals surface area (Å²) >= 11 is 0. The second-order valence-electron chi connectivity index (χ2n) is 7.11. The fourth-order valence-corrected chi connectivity index (χ4v) is 4.15. The van der Waals surface area contributed by atoms with Gasteiger partial charge >= 0.3 is 0 Å². The van der Waals surface area contributed by atoms with Gasteiger partial charge in [0, 0.05) is 19.3 Å². The number of hydrogen-bond acceptors (Lipinski definition) is 5. The second kappa shape index (κ2) is 7.07. The molecule has 0 bridgehead atoms. The van der Waals surface area contributed by atoms with Crippen LogP contribution in [0.3, 0.4) is 0 Å². The van der Waals surface area contributed by atoms with Crippen LogP contribution in [0, 0.1) is 6.92 Å². The van der Waals surface area contributed by atoms with Crippen LogP contribution in [0.1, 0.15) is 23.0 Å². The molecule has 6 nitrogen and oxygen atoms in total.